The van der Waals surface area contributed by atoms with Crippen LogP contribution in [0.5, 0.6) is 0 Å². The summed E-state index contributed by atoms with van der Waals surface area (Å²) in [4.78, 5) is 23.6. The van der Waals surface area contributed by atoms with Crippen LogP contribution < -0.4 is 16.0 Å². The van der Waals surface area contributed by atoms with Crippen LogP contribution >= 0.6 is 0 Å². The number of rotatable bonds is 4. The van der Waals surface area contributed by atoms with E-state index in [1.807, 2.05) is 13.8 Å². The zero-order chi connectivity index (χ0) is 15.2. The number of morpholine rings is 1. The van der Waals surface area contributed by atoms with Gasteiger partial charge >= 0.3 is 0 Å². The summed E-state index contributed by atoms with van der Waals surface area (Å²) in [6.45, 7) is 5.37. The number of benzene rings is 1. The second-order valence-electron chi connectivity index (χ2n) is 5.29. The van der Waals surface area contributed by atoms with Crippen LogP contribution in [0.2, 0.25) is 0 Å². The molecule has 6 nitrogen and oxygen atoms in total. The van der Waals surface area contributed by atoms with Gasteiger partial charge in [0.15, 0.2) is 0 Å². The number of ether oxygens (including phenoxy) is 1. The molecule has 21 heavy (non-hydrogen) atoms. The average Bonchev–Trinajstić information content (AvgIpc) is 2.50. The minimum absolute atomic E-state index is 0.0321. The molecule has 0 aliphatic carbocycles. The lowest BCUT2D eigenvalue weighted by Gasteiger charge is -2.22. The van der Waals surface area contributed by atoms with Crippen molar-refractivity contribution in [2.45, 2.75) is 19.9 Å². The van der Waals surface area contributed by atoms with Crippen molar-refractivity contribution >= 4 is 23.2 Å². The summed E-state index contributed by atoms with van der Waals surface area (Å²) < 4.78 is 5.26. The molecule has 0 radical (unpaired) electrons. The molecular formula is C15H21N3O3. The Balaban J connectivity index is 1.89. The lowest BCUT2D eigenvalue weighted by molar-refractivity contribution is -0.121. The normalized spacial score (nSPS) is 18.3. The molecule has 1 atom stereocenters. The summed E-state index contributed by atoms with van der Waals surface area (Å²) in [5, 5.41) is 8.72. The van der Waals surface area contributed by atoms with Crippen molar-refractivity contribution in [1.82, 2.24) is 5.32 Å². The van der Waals surface area contributed by atoms with E-state index in [1.54, 1.807) is 24.3 Å². The number of amides is 2. The maximum atomic E-state index is 12.0. The van der Waals surface area contributed by atoms with E-state index in [1.165, 1.54) is 0 Å². The largest absolute Gasteiger partial charge is 0.378 e. The summed E-state index contributed by atoms with van der Waals surface area (Å²) in [7, 11) is 0. The van der Waals surface area contributed by atoms with Gasteiger partial charge in [-0.25, -0.2) is 0 Å². The molecule has 2 rings (SSSR count). The van der Waals surface area contributed by atoms with Gasteiger partial charge in [-0.2, -0.15) is 0 Å². The maximum Gasteiger partial charge on any atom is 0.243 e. The number of nitrogens with one attached hydrogen (secondary N) is 3. The highest BCUT2D eigenvalue weighted by Crippen LogP contribution is 2.15. The highest BCUT2D eigenvalue weighted by Gasteiger charge is 2.21. The minimum atomic E-state index is -0.320. The molecular weight excluding hydrogens is 270 g/mol. The zero-order valence-electron chi connectivity index (χ0n) is 12.3. The second-order valence-corrected chi connectivity index (χ2v) is 5.29. The molecule has 1 aromatic rings. The molecule has 0 spiro atoms. The van der Waals surface area contributed by atoms with Gasteiger partial charge in [-0.1, -0.05) is 13.8 Å². The van der Waals surface area contributed by atoms with E-state index in [4.69, 9.17) is 4.74 Å². The number of hydrogen-bond donors (Lipinski definition) is 3. The van der Waals surface area contributed by atoms with Crippen LogP contribution in [0.4, 0.5) is 11.4 Å². The molecule has 0 saturated carbocycles. The summed E-state index contributed by atoms with van der Waals surface area (Å²) in [6, 6.07) is 6.73. The number of hydrogen-bond acceptors (Lipinski definition) is 4. The second kappa shape index (κ2) is 7.19. The van der Waals surface area contributed by atoms with Crippen LogP contribution in [0.3, 0.4) is 0 Å². The molecule has 1 heterocycles. The predicted molar refractivity (Wildman–Crippen MR) is 81.1 cm³/mol. The van der Waals surface area contributed by atoms with Gasteiger partial charge in [0.2, 0.25) is 11.8 Å². The Hall–Kier alpha value is -1.92. The first-order valence-corrected chi connectivity index (χ1v) is 7.09. The highest BCUT2D eigenvalue weighted by atomic mass is 16.5. The molecule has 3 N–H and O–H groups in total. The Morgan fingerprint density at radius 2 is 1.81 bits per heavy atom. The molecule has 1 aliphatic rings. The Morgan fingerprint density at radius 1 is 1.19 bits per heavy atom. The van der Waals surface area contributed by atoms with Gasteiger partial charge in [-0.15, -0.1) is 0 Å². The van der Waals surface area contributed by atoms with E-state index in [-0.39, 0.29) is 23.8 Å². The lowest BCUT2D eigenvalue weighted by atomic mass is 10.2. The predicted octanol–water partition coefficient (Wildman–Crippen LogP) is 1.21. The van der Waals surface area contributed by atoms with Crippen molar-refractivity contribution in [1.29, 1.82) is 0 Å². The highest BCUT2D eigenvalue weighted by molar-refractivity contribution is 5.96. The van der Waals surface area contributed by atoms with Gasteiger partial charge in [0.25, 0.3) is 0 Å². The molecule has 0 aromatic heterocycles. The first-order valence-electron chi connectivity index (χ1n) is 7.09. The third-order valence-electron chi connectivity index (χ3n) is 3.18. The van der Waals surface area contributed by atoms with Crippen molar-refractivity contribution in [2.75, 3.05) is 30.4 Å². The van der Waals surface area contributed by atoms with Gasteiger partial charge in [0.05, 0.1) is 13.2 Å². The summed E-state index contributed by atoms with van der Waals surface area (Å²) in [5.74, 6) is -0.217. The molecule has 1 fully saturated rings. The lowest BCUT2D eigenvalue weighted by Crippen LogP contribution is -2.48. The SMILES string of the molecule is CC(C)C(=O)Nc1ccc(NC(=O)C2COCCN2)cc1. The van der Waals surface area contributed by atoms with Crippen molar-refractivity contribution in [3.05, 3.63) is 24.3 Å². The molecule has 1 aliphatic heterocycles. The first kappa shape index (κ1) is 15.5. The fourth-order valence-corrected chi connectivity index (χ4v) is 1.89. The third kappa shape index (κ3) is 4.54. The Labute approximate surface area is 124 Å². The zero-order valence-corrected chi connectivity index (χ0v) is 12.3. The smallest absolute Gasteiger partial charge is 0.243 e. The summed E-state index contributed by atoms with van der Waals surface area (Å²) in [6.07, 6.45) is 0. The summed E-state index contributed by atoms with van der Waals surface area (Å²) in [5.41, 5.74) is 1.40. The van der Waals surface area contributed by atoms with Gasteiger partial charge in [0, 0.05) is 23.8 Å². The Morgan fingerprint density at radius 3 is 2.33 bits per heavy atom. The van der Waals surface area contributed by atoms with Gasteiger partial charge < -0.3 is 20.7 Å². The van der Waals surface area contributed by atoms with Gasteiger partial charge in [-0.05, 0) is 24.3 Å². The van der Waals surface area contributed by atoms with Crippen molar-refractivity contribution in [2.24, 2.45) is 5.92 Å². The molecule has 6 heteroatoms. The number of anilines is 2. The van der Waals surface area contributed by atoms with Crippen molar-refractivity contribution in [3.63, 3.8) is 0 Å². The molecule has 1 saturated heterocycles. The quantitative estimate of drug-likeness (QED) is 0.779. The van der Waals surface area contributed by atoms with E-state index >= 15 is 0 Å². The van der Waals surface area contributed by atoms with Gasteiger partial charge in [0.1, 0.15) is 6.04 Å². The Bertz CT molecular complexity index is 493. The number of carbonyl (C=O) groups is 2. The third-order valence-corrected chi connectivity index (χ3v) is 3.18. The first-order chi connectivity index (χ1) is 10.1. The van der Waals surface area contributed by atoms with E-state index in [0.29, 0.717) is 31.1 Å². The molecule has 0 bridgehead atoms. The van der Waals surface area contributed by atoms with Crippen LogP contribution in [-0.4, -0.2) is 37.6 Å². The maximum absolute atomic E-state index is 12.0. The Kier molecular flexibility index (Phi) is 5.30. The van der Waals surface area contributed by atoms with Gasteiger partial charge in [-0.3, -0.25) is 9.59 Å². The average molecular weight is 291 g/mol. The fraction of sp³-hybridized carbons (Fsp3) is 0.467. The van der Waals surface area contributed by atoms with Crippen LogP contribution in [0.25, 0.3) is 0 Å². The van der Waals surface area contributed by atoms with Crippen LogP contribution in [0, 0.1) is 5.92 Å². The topological polar surface area (TPSA) is 79.5 Å². The summed E-state index contributed by atoms with van der Waals surface area (Å²) >= 11 is 0. The monoisotopic (exact) mass is 291 g/mol. The fourth-order valence-electron chi connectivity index (χ4n) is 1.89. The van der Waals surface area contributed by atoms with E-state index in [9.17, 15) is 9.59 Å². The van der Waals surface area contributed by atoms with Crippen molar-refractivity contribution < 1.29 is 14.3 Å². The van der Waals surface area contributed by atoms with E-state index < -0.39 is 0 Å². The van der Waals surface area contributed by atoms with Crippen LogP contribution in [-0.2, 0) is 14.3 Å². The van der Waals surface area contributed by atoms with Crippen LogP contribution in [0.1, 0.15) is 13.8 Å². The molecule has 1 aromatic carbocycles. The van der Waals surface area contributed by atoms with Crippen molar-refractivity contribution in [3.8, 4) is 0 Å². The van der Waals surface area contributed by atoms with E-state index in [0.717, 1.165) is 0 Å². The molecule has 114 valence electrons. The molecule has 1 unspecified atom stereocenters. The van der Waals surface area contributed by atoms with E-state index in [2.05, 4.69) is 16.0 Å². The molecule has 2 amide bonds. The number of carbonyl (C=O) groups excluding carboxylic acids is 2. The van der Waals surface area contributed by atoms with Crippen LogP contribution in [0.15, 0.2) is 24.3 Å². The standard InChI is InChI=1S/C15H21N3O3/c1-10(2)14(19)17-11-3-5-12(6-4-11)18-15(20)13-9-21-8-7-16-13/h3-6,10,13,16H,7-9H2,1-2H3,(H,17,19)(H,18,20). The minimum Gasteiger partial charge on any atom is -0.378 e.